The smallest absolute Gasteiger partial charge is 0.410 e. The first kappa shape index (κ1) is 13.3. The second kappa shape index (κ2) is 4.64. The SMILES string of the molecule is CCC1(CC)CCN(C(=O)OC(C)(C)C)C1. The molecule has 3 heteroatoms. The normalized spacial score (nSPS) is 19.9. The molecule has 1 aliphatic heterocycles. The predicted molar refractivity (Wildman–Crippen MR) is 65.4 cm³/mol. The van der Waals surface area contributed by atoms with Crippen molar-refractivity contribution in [1.29, 1.82) is 0 Å². The summed E-state index contributed by atoms with van der Waals surface area (Å²) in [6, 6.07) is 0. The van der Waals surface area contributed by atoms with E-state index in [1.54, 1.807) is 0 Å². The van der Waals surface area contributed by atoms with Crippen LogP contribution in [0.2, 0.25) is 0 Å². The van der Waals surface area contributed by atoms with Gasteiger partial charge in [0, 0.05) is 13.1 Å². The van der Waals surface area contributed by atoms with Gasteiger partial charge < -0.3 is 9.64 Å². The molecule has 0 radical (unpaired) electrons. The van der Waals surface area contributed by atoms with E-state index < -0.39 is 0 Å². The van der Waals surface area contributed by atoms with Gasteiger partial charge in [-0.25, -0.2) is 4.79 Å². The Kier molecular flexibility index (Phi) is 3.87. The maximum Gasteiger partial charge on any atom is 0.410 e. The van der Waals surface area contributed by atoms with Crippen LogP contribution in [0.25, 0.3) is 0 Å². The summed E-state index contributed by atoms with van der Waals surface area (Å²) in [5, 5.41) is 0. The molecule has 16 heavy (non-hydrogen) atoms. The molecule has 3 nitrogen and oxygen atoms in total. The van der Waals surface area contributed by atoms with Gasteiger partial charge >= 0.3 is 6.09 Å². The van der Waals surface area contributed by atoms with Gasteiger partial charge in [-0.3, -0.25) is 0 Å². The molecule has 1 saturated heterocycles. The molecule has 1 fully saturated rings. The fourth-order valence-electron chi connectivity index (χ4n) is 2.24. The summed E-state index contributed by atoms with van der Waals surface area (Å²) < 4.78 is 5.39. The third kappa shape index (κ3) is 3.13. The lowest BCUT2D eigenvalue weighted by molar-refractivity contribution is 0.0270. The summed E-state index contributed by atoms with van der Waals surface area (Å²) in [6.07, 6.45) is 3.24. The van der Waals surface area contributed by atoms with E-state index in [2.05, 4.69) is 13.8 Å². The second-order valence-corrected chi connectivity index (χ2v) is 5.86. The van der Waals surface area contributed by atoms with Gasteiger partial charge in [0.1, 0.15) is 5.60 Å². The maximum absolute atomic E-state index is 11.9. The predicted octanol–water partition coefficient (Wildman–Crippen LogP) is 3.43. The first-order chi connectivity index (χ1) is 7.32. The van der Waals surface area contributed by atoms with Crippen molar-refractivity contribution in [3.63, 3.8) is 0 Å². The molecule has 1 heterocycles. The Balaban J connectivity index is 2.56. The van der Waals surface area contributed by atoms with E-state index in [1.165, 1.54) is 0 Å². The molecule has 0 atom stereocenters. The van der Waals surface area contributed by atoms with E-state index in [1.807, 2.05) is 25.7 Å². The summed E-state index contributed by atoms with van der Waals surface area (Å²) >= 11 is 0. The van der Waals surface area contributed by atoms with Crippen LogP contribution in [0, 0.1) is 5.41 Å². The monoisotopic (exact) mass is 227 g/mol. The molecule has 0 aromatic rings. The summed E-state index contributed by atoms with van der Waals surface area (Å²) in [6.45, 7) is 11.9. The topological polar surface area (TPSA) is 29.5 Å². The minimum Gasteiger partial charge on any atom is -0.444 e. The van der Waals surface area contributed by atoms with E-state index in [-0.39, 0.29) is 11.7 Å². The second-order valence-electron chi connectivity index (χ2n) is 5.86. The minimum atomic E-state index is -0.388. The zero-order chi connectivity index (χ0) is 12.4. The lowest BCUT2D eigenvalue weighted by Crippen LogP contribution is -2.36. The summed E-state index contributed by atoms with van der Waals surface area (Å²) in [5.74, 6) is 0. The number of carbonyl (C=O) groups excluding carboxylic acids is 1. The number of likely N-dealkylation sites (tertiary alicyclic amines) is 1. The Morgan fingerprint density at radius 1 is 1.31 bits per heavy atom. The largest absolute Gasteiger partial charge is 0.444 e. The number of carbonyl (C=O) groups is 1. The highest BCUT2D eigenvalue weighted by atomic mass is 16.6. The highest BCUT2D eigenvalue weighted by Crippen LogP contribution is 2.37. The molecule has 1 rings (SSSR count). The first-order valence-electron chi connectivity index (χ1n) is 6.30. The van der Waals surface area contributed by atoms with Gasteiger partial charge in [0.05, 0.1) is 0 Å². The molecule has 0 aromatic carbocycles. The average Bonchev–Trinajstić information content (AvgIpc) is 2.60. The lowest BCUT2D eigenvalue weighted by atomic mass is 9.82. The molecular weight excluding hydrogens is 202 g/mol. The van der Waals surface area contributed by atoms with Gasteiger partial charge in [-0.15, -0.1) is 0 Å². The quantitative estimate of drug-likeness (QED) is 0.723. The average molecular weight is 227 g/mol. The van der Waals surface area contributed by atoms with Crippen molar-refractivity contribution < 1.29 is 9.53 Å². The number of hydrogen-bond acceptors (Lipinski definition) is 2. The Morgan fingerprint density at radius 2 is 1.88 bits per heavy atom. The van der Waals surface area contributed by atoms with Crippen molar-refractivity contribution >= 4 is 6.09 Å². The fraction of sp³-hybridized carbons (Fsp3) is 0.923. The third-order valence-electron chi connectivity index (χ3n) is 3.59. The summed E-state index contributed by atoms with van der Waals surface area (Å²) in [7, 11) is 0. The summed E-state index contributed by atoms with van der Waals surface area (Å²) in [4.78, 5) is 13.7. The van der Waals surface area contributed by atoms with Gasteiger partial charge in [0.2, 0.25) is 0 Å². The minimum absolute atomic E-state index is 0.156. The van der Waals surface area contributed by atoms with Gasteiger partial charge in [-0.1, -0.05) is 13.8 Å². The lowest BCUT2D eigenvalue weighted by Gasteiger charge is -2.28. The molecule has 1 amide bonds. The van der Waals surface area contributed by atoms with Gasteiger partial charge in [0.15, 0.2) is 0 Å². The van der Waals surface area contributed by atoms with E-state index in [9.17, 15) is 4.79 Å². The first-order valence-corrected chi connectivity index (χ1v) is 6.30. The molecule has 1 aliphatic rings. The Labute approximate surface area is 99.1 Å². The molecule has 0 saturated carbocycles. The zero-order valence-corrected chi connectivity index (χ0v) is 11.3. The molecule has 0 aliphatic carbocycles. The van der Waals surface area contributed by atoms with Crippen molar-refractivity contribution in [3.8, 4) is 0 Å². The molecule has 0 bridgehead atoms. The highest BCUT2D eigenvalue weighted by molar-refractivity contribution is 5.68. The number of ether oxygens (including phenoxy) is 1. The molecule has 0 spiro atoms. The van der Waals surface area contributed by atoms with Gasteiger partial charge in [-0.05, 0) is 45.4 Å². The molecule has 0 aromatic heterocycles. The Bertz CT molecular complexity index is 251. The van der Waals surface area contributed by atoms with E-state index in [0.717, 1.165) is 32.4 Å². The number of hydrogen-bond donors (Lipinski definition) is 0. The number of rotatable bonds is 2. The van der Waals surface area contributed by atoms with Crippen LogP contribution in [-0.2, 0) is 4.74 Å². The Hall–Kier alpha value is -0.730. The number of nitrogens with zero attached hydrogens (tertiary/aromatic N) is 1. The van der Waals surface area contributed by atoms with Crippen LogP contribution in [0.3, 0.4) is 0 Å². The van der Waals surface area contributed by atoms with E-state index in [0.29, 0.717) is 5.41 Å². The molecule has 94 valence electrons. The third-order valence-corrected chi connectivity index (χ3v) is 3.59. The zero-order valence-electron chi connectivity index (χ0n) is 11.3. The van der Waals surface area contributed by atoms with Crippen molar-refractivity contribution in [1.82, 2.24) is 4.90 Å². The van der Waals surface area contributed by atoms with Crippen LogP contribution in [0.15, 0.2) is 0 Å². The standard InChI is InChI=1S/C13H25NO2/c1-6-13(7-2)8-9-14(10-13)11(15)16-12(3,4)5/h6-10H2,1-5H3. The highest BCUT2D eigenvalue weighted by Gasteiger charge is 2.38. The van der Waals surface area contributed by atoms with Crippen LogP contribution in [0.5, 0.6) is 0 Å². The van der Waals surface area contributed by atoms with Gasteiger partial charge in [-0.2, -0.15) is 0 Å². The Morgan fingerprint density at radius 3 is 2.25 bits per heavy atom. The van der Waals surface area contributed by atoms with Crippen molar-refractivity contribution in [2.24, 2.45) is 5.41 Å². The van der Waals surface area contributed by atoms with Crippen LogP contribution >= 0.6 is 0 Å². The fourth-order valence-corrected chi connectivity index (χ4v) is 2.24. The maximum atomic E-state index is 11.9. The van der Waals surface area contributed by atoms with E-state index >= 15 is 0 Å². The molecule has 0 unspecified atom stereocenters. The summed E-state index contributed by atoms with van der Waals surface area (Å²) in [5.41, 5.74) is -0.0579. The van der Waals surface area contributed by atoms with Crippen LogP contribution in [0.1, 0.15) is 53.9 Å². The number of amides is 1. The molecule has 0 N–H and O–H groups in total. The van der Waals surface area contributed by atoms with Crippen molar-refractivity contribution in [2.75, 3.05) is 13.1 Å². The van der Waals surface area contributed by atoms with Crippen molar-refractivity contribution in [2.45, 2.75) is 59.5 Å². The van der Waals surface area contributed by atoms with E-state index in [4.69, 9.17) is 4.74 Å². The van der Waals surface area contributed by atoms with Crippen LogP contribution in [0.4, 0.5) is 4.79 Å². The van der Waals surface area contributed by atoms with Gasteiger partial charge in [0.25, 0.3) is 0 Å². The molecular formula is C13H25NO2. The van der Waals surface area contributed by atoms with Crippen molar-refractivity contribution in [3.05, 3.63) is 0 Å². The van der Waals surface area contributed by atoms with Crippen LogP contribution < -0.4 is 0 Å². The van der Waals surface area contributed by atoms with Crippen LogP contribution in [-0.4, -0.2) is 29.7 Å².